The number of rotatable bonds is 12. The molecule has 54 heavy (non-hydrogen) atoms. The van der Waals surface area contributed by atoms with Crippen LogP contribution in [0.5, 0.6) is 11.5 Å². The summed E-state index contributed by atoms with van der Waals surface area (Å²) in [6.07, 6.45) is 1.63. The lowest BCUT2D eigenvalue weighted by Crippen LogP contribution is -2.66. The number of nitrogen functional groups attached to an aromatic ring is 1. The number of thioether (sulfide) groups is 1. The molecule has 20 heteroatoms. The Labute approximate surface area is 320 Å². The Kier molecular flexibility index (Phi) is 9.22. The van der Waals surface area contributed by atoms with Crippen LogP contribution in [0, 0.1) is 11.3 Å². The van der Waals surface area contributed by atoms with Crippen LogP contribution in [0.2, 0.25) is 5.02 Å². The molecule has 1 aromatic carbocycles. The number of anilines is 1. The predicted molar refractivity (Wildman–Crippen MR) is 193 cm³/mol. The number of β-lactam (4-membered cyclic amide) rings is 1. The number of oxime groups is 1. The van der Waals surface area contributed by atoms with Crippen LogP contribution >= 0.6 is 34.7 Å². The largest absolute Gasteiger partial charge is 0.504 e. The van der Waals surface area contributed by atoms with Gasteiger partial charge in [0.2, 0.25) is 11.5 Å². The number of nitrogens with two attached hydrogens (primary N) is 1. The Morgan fingerprint density at radius 3 is 2.39 bits per heavy atom. The minimum atomic E-state index is -1.77. The minimum absolute atomic E-state index is 0.0612. The molecule has 0 aliphatic carbocycles. The van der Waals surface area contributed by atoms with Gasteiger partial charge >= 0.3 is 11.9 Å². The van der Waals surface area contributed by atoms with Crippen molar-refractivity contribution in [1.29, 1.82) is 0 Å². The summed E-state index contributed by atoms with van der Waals surface area (Å²) in [6.45, 7) is 5.02. The van der Waals surface area contributed by atoms with Crippen molar-refractivity contribution in [3.8, 4) is 11.5 Å². The molecule has 6 aliphatic rings. The smallest absolute Gasteiger partial charge is 0.352 e. The predicted octanol–water partition coefficient (Wildman–Crippen LogP) is 2.50. The van der Waals surface area contributed by atoms with Crippen LogP contribution < -0.4 is 5.73 Å². The Morgan fingerprint density at radius 2 is 1.80 bits per heavy atom. The molecule has 3 amide bonds. The monoisotopic (exact) mass is 803 g/mol. The molecule has 2 bridgehead atoms. The maximum Gasteiger partial charge on any atom is 0.352 e. The van der Waals surface area contributed by atoms with Gasteiger partial charge in [0.15, 0.2) is 28.1 Å². The standard InChI is InChI=1S/C34H35ClN6O11S2/c1-33(2,31(50)51)52-38-23(18-13-54-32(36)37-18)19(42)10-17-27(46)40-24(30(48)49)15(12-53-29(17)40)11-41-6-3-34(4-7-41,5-8-41)14-39-26(45)16-9-20(43)25(44)22(35)21(16)28(39)47/h9,13,17,29H,3-8,10-12,14H2,1-2H3,(H5-,36,37,38,42,43,44,45,47,48,49,50,51)/p+1/t17-,29-,34?,41?/m1/s1. The molecular weight excluding hydrogens is 768 g/mol. The van der Waals surface area contributed by atoms with Gasteiger partial charge in [-0.3, -0.25) is 29.0 Å². The van der Waals surface area contributed by atoms with Gasteiger partial charge in [-0.25, -0.2) is 14.6 Å². The highest BCUT2D eigenvalue weighted by Gasteiger charge is 2.57. The van der Waals surface area contributed by atoms with Crippen LogP contribution in [0.15, 0.2) is 27.9 Å². The van der Waals surface area contributed by atoms with Gasteiger partial charge in [0, 0.05) is 54.3 Å². The first-order valence-corrected chi connectivity index (χ1v) is 19.3. The summed E-state index contributed by atoms with van der Waals surface area (Å²) in [7, 11) is 0. The van der Waals surface area contributed by atoms with Gasteiger partial charge in [0.25, 0.3) is 11.8 Å². The number of nitrogens with zero attached hydrogens (tertiary/aromatic N) is 5. The molecule has 286 valence electrons. The third-order valence-corrected chi connectivity index (χ3v) is 13.6. The molecule has 17 nitrogen and oxygen atoms in total. The number of fused-ring (bicyclic) bond motifs is 5. The zero-order chi connectivity index (χ0) is 39.1. The number of quaternary nitrogens is 1. The lowest BCUT2D eigenvalue weighted by atomic mass is 9.70. The van der Waals surface area contributed by atoms with Crippen molar-refractivity contribution >= 4 is 81.0 Å². The van der Waals surface area contributed by atoms with Gasteiger partial charge in [-0.1, -0.05) is 16.8 Å². The molecule has 0 unspecified atom stereocenters. The summed E-state index contributed by atoms with van der Waals surface area (Å²) >= 11 is 8.54. The molecule has 1 aromatic heterocycles. The lowest BCUT2D eigenvalue weighted by Gasteiger charge is -2.56. The molecule has 7 heterocycles. The van der Waals surface area contributed by atoms with E-state index in [1.807, 2.05) is 0 Å². The summed E-state index contributed by atoms with van der Waals surface area (Å²) in [4.78, 5) is 89.6. The van der Waals surface area contributed by atoms with Crippen LogP contribution in [-0.4, -0.2) is 130 Å². The number of Topliss-reactive ketones (excluding diaryl/α,β-unsaturated/α-hetero) is 1. The number of carboxylic acid groups (broad SMARTS) is 2. The molecule has 2 aromatic rings. The van der Waals surface area contributed by atoms with Crippen molar-refractivity contribution in [1.82, 2.24) is 14.8 Å². The molecule has 0 saturated carbocycles. The number of benzene rings is 1. The average molecular weight is 804 g/mol. The molecular formula is C34H36ClN6O11S2+. The van der Waals surface area contributed by atoms with E-state index < -0.39 is 63.8 Å². The van der Waals surface area contributed by atoms with E-state index in [0.29, 0.717) is 61.3 Å². The molecule has 8 rings (SSSR count). The van der Waals surface area contributed by atoms with E-state index in [1.54, 1.807) is 0 Å². The first-order chi connectivity index (χ1) is 25.4. The highest BCUT2D eigenvalue weighted by Crippen LogP contribution is 2.50. The van der Waals surface area contributed by atoms with Gasteiger partial charge in [0.1, 0.15) is 17.9 Å². The SMILES string of the molecule is CC(C)(O/N=C(\C(=O)C[C@@H]1C(=O)N2C(C(=O)O)=C(C[N+]34CCC(CN5C(=O)c6cc(O)c(O)c(Cl)c6C5=O)(CC3)CC4)CS[C@H]12)c1csc(N)n1)C(=O)O. The first-order valence-electron chi connectivity index (χ1n) is 17.0. The van der Waals surface area contributed by atoms with Crippen LogP contribution in [0.1, 0.15) is 65.9 Å². The van der Waals surface area contributed by atoms with E-state index >= 15 is 0 Å². The van der Waals surface area contributed by atoms with Crippen molar-refractivity contribution in [2.45, 2.75) is 50.5 Å². The number of imide groups is 1. The fraction of sp³-hybridized carbons (Fsp3) is 0.471. The van der Waals surface area contributed by atoms with E-state index in [9.17, 15) is 49.2 Å². The second-order valence-corrected chi connectivity index (χ2v) is 17.3. The number of carbonyl (C=O) groups excluding carboxylic acids is 4. The zero-order valence-electron chi connectivity index (χ0n) is 29.0. The molecule has 4 fully saturated rings. The number of carboxylic acids is 2. The van der Waals surface area contributed by atoms with Gasteiger partial charge in [-0.15, -0.1) is 23.1 Å². The number of aliphatic carboxylic acids is 2. The maximum absolute atomic E-state index is 13.6. The summed E-state index contributed by atoms with van der Waals surface area (Å²) in [5, 5.41) is 44.2. The minimum Gasteiger partial charge on any atom is -0.504 e. The fourth-order valence-corrected chi connectivity index (χ4v) is 10.2. The van der Waals surface area contributed by atoms with Gasteiger partial charge in [-0.2, -0.15) is 0 Å². The van der Waals surface area contributed by atoms with Crippen LogP contribution in [-0.2, 0) is 24.0 Å². The summed E-state index contributed by atoms with van der Waals surface area (Å²) < 4.78 is 0.585. The quantitative estimate of drug-likeness (QED) is 0.0517. The number of halogens is 1. The van der Waals surface area contributed by atoms with Crippen LogP contribution in [0.4, 0.5) is 5.13 Å². The maximum atomic E-state index is 13.6. The summed E-state index contributed by atoms with van der Waals surface area (Å²) in [5.41, 5.74) is 3.70. The topological polar surface area (TPSA) is 250 Å². The number of phenols is 2. The molecule has 6 N–H and O–H groups in total. The number of aromatic nitrogens is 1. The molecule has 0 spiro atoms. The van der Waals surface area contributed by atoms with Crippen molar-refractivity contribution in [3.05, 3.63) is 44.6 Å². The number of hydrogen-bond donors (Lipinski definition) is 5. The number of carbonyl (C=O) groups is 6. The Balaban J connectivity index is 1.03. The first kappa shape index (κ1) is 37.6. The molecule has 6 aliphatic heterocycles. The molecule has 0 radical (unpaired) electrons. The fourth-order valence-electron chi connectivity index (χ4n) is 7.94. The van der Waals surface area contributed by atoms with Gasteiger partial charge < -0.3 is 35.5 Å². The van der Waals surface area contributed by atoms with Crippen molar-refractivity contribution < 1.29 is 58.5 Å². The highest BCUT2D eigenvalue weighted by atomic mass is 35.5. The Hall–Kier alpha value is -4.72. The van der Waals surface area contributed by atoms with E-state index in [1.165, 1.54) is 35.9 Å². The number of hydrogen-bond acceptors (Lipinski definition) is 14. The second kappa shape index (κ2) is 13.2. The van der Waals surface area contributed by atoms with Crippen molar-refractivity contribution in [2.75, 3.05) is 44.2 Å². The Bertz CT molecular complexity index is 2090. The third-order valence-electron chi connectivity index (χ3n) is 11.2. The van der Waals surface area contributed by atoms with E-state index in [-0.39, 0.29) is 56.8 Å². The zero-order valence-corrected chi connectivity index (χ0v) is 31.4. The van der Waals surface area contributed by atoms with Crippen LogP contribution in [0.3, 0.4) is 0 Å². The highest BCUT2D eigenvalue weighted by molar-refractivity contribution is 8.00. The Morgan fingerprint density at radius 1 is 1.13 bits per heavy atom. The van der Waals surface area contributed by atoms with Crippen LogP contribution in [0.25, 0.3) is 0 Å². The molecule has 4 saturated heterocycles. The number of thiazole rings is 1. The second-order valence-electron chi connectivity index (χ2n) is 14.9. The van der Waals surface area contributed by atoms with E-state index in [2.05, 4.69) is 10.1 Å². The third kappa shape index (κ3) is 6.15. The number of aromatic hydroxyl groups is 2. The van der Waals surface area contributed by atoms with Gasteiger partial charge in [0.05, 0.1) is 47.1 Å². The summed E-state index contributed by atoms with van der Waals surface area (Å²) in [5.74, 6) is -6.75. The number of piperidine rings is 3. The van der Waals surface area contributed by atoms with Gasteiger partial charge in [-0.05, 0) is 19.9 Å². The number of phenolic OH excluding ortho intramolecular Hbond substituents is 2. The summed E-state index contributed by atoms with van der Waals surface area (Å²) in [6, 6.07) is 1.05. The van der Waals surface area contributed by atoms with Crippen molar-refractivity contribution in [3.63, 3.8) is 0 Å². The van der Waals surface area contributed by atoms with Crippen molar-refractivity contribution in [2.24, 2.45) is 16.5 Å². The molecule has 2 atom stereocenters. The average Bonchev–Trinajstić information content (AvgIpc) is 3.65. The number of ketones is 1. The van der Waals surface area contributed by atoms with E-state index in [4.69, 9.17) is 22.2 Å². The lowest BCUT2D eigenvalue weighted by molar-refractivity contribution is -0.941. The number of amides is 3. The van der Waals surface area contributed by atoms with E-state index in [0.717, 1.165) is 22.3 Å². The normalized spacial score (nSPS) is 26.5.